The van der Waals surface area contributed by atoms with Gasteiger partial charge in [0.1, 0.15) is 12.7 Å². The number of hydrogen-bond acceptors (Lipinski definition) is 4. The molecule has 0 aliphatic carbocycles. The smallest absolute Gasteiger partial charge is 0.161 e. The van der Waals surface area contributed by atoms with Crippen molar-refractivity contribution < 1.29 is 9.47 Å². The van der Waals surface area contributed by atoms with E-state index < -0.39 is 0 Å². The minimum atomic E-state index is 0.1000. The van der Waals surface area contributed by atoms with Gasteiger partial charge in [-0.3, -0.25) is 0 Å². The van der Waals surface area contributed by atoms with E-state index in [0.717, 1.165) is 24.6 Å². The molecular weight excluding hydrogens is 240 g/mol. The highest BCUT2D eigenvalue weighted by atomic mass is 16.6. The highest BCUT2D eigenvalue weighted by Crippen LogP contribution is 2.33. The fourth-order valence-corrected chi connectivity index (χ4v) is 3.14. The highest BCUT2D eigenvalue weighted by Gasteiger charge is 2.33. The van der Waals surface area contributed by atoms with Crippen molar-refractivity contribution in [2.75, 3.05) is 26.7 Å². The van der Waals surface area contributed by atoms with E-state index in [9.17, 15) is 0 Å². The standard InChI is InChI=1S/C15H22N2O2/c1-16-15(11-6-8-17-9-7-11)14-10-18-12-4-2-3-5-13(12)19-14/h2-5,11,14-17H,6-10H2,1H3. The summed E-state index contributed by atoms with van der Waals surface area (Å²) in [4.78, 5) is 0. The molecule has 2 aliphatic rings. The Balaban J connectivity index is 1.71. The third-order valence-electron chi connectivity index (χ3n) is 4.16. The fourth-order valence-electron chi connectivity index (χ4n) is 3.14. The van der Waals surface area contributed by atoms with Crippen molar-refractivity contribution in [3.05, 3.63) is 24.3 Å². The molecule has 2 unspecified atom stereocenters. The summed E-state index contributed by atoms with van der Waals surface area (Å²) in [6, 6.07) is 8.27. The molecule has 1 aromatic rings. The molecule has 2 atom stereocenters. The number of likely N-dealkylation sites (N-methyl/N-ethyl adjacent to an activating group) is 1. The molecular formula is C15H22N2O2. The van der Waals surface area contributed by atoms with Crippen LogP contribution in [0.2, 0.25) is 0 Å². The minimum absolute atomic E-state index is 0.1000. The first-order valence-corrected chi connectivity index (χ1v) is 7.15. The van der Waals surface area contributed by atoms with Gasteiger partial charge in [-0.2, -0.15) is 0 Å². The van der Waals surface area contributed by atoms with Gasteiger partial charge >= 0.3 is 0 Å². The van der Waals surface area contributed by atoms with E-state index in [4.69, 9.17) is 9.47 Å². The summed E-state index contributed by atoms with van der Waals surface area (Å²) in [7, 11) is 2.02. The summed E-state index contributed by atoms with van der Waals surface area (Å²) in [6.45, 7) is 2.84. The fraction of sp³-hybridized carbons (Fsp3) is 0.600. The largest absolute Gasteiger partial charge is 0.486 e. The van der Waals surface area contributed by atoms with E-state index in [1.165, 1.54) is 12.8 Å². The van der Waals surface area contributed by atoms with Crippen molar-refractivity contribution in [3.63, 3.8) is 0 Å². The van der Waals surface area contributed by atoms with Gasteiger partial charge in [-0.25, -0.2) is 0 Å². The number of fused-ring (bicyclic) bond motifs is 1. The summed E-state index contributed by atoms with van der Waals surface area (Å²) in [5.74, 6) is 2.39. The van der Waals surface area contributed by atoms with Crippen molar-refractivity contribution in [2.45, 2.75) is 25.0 Å². The molecule has 4 heteroatoms. The molecule has 19 heavy (non-hydrogen) atoms. The van der Waals surface area contributed by atoms with Crippen molar-refractivity contribution in [3.8, 4) is 11.5 Å². The van der Waals surface area contributed by atoms with E-state index in [0.29, 0.717) is 18.6 Å². The molecule has 1 fully saturated rings. The van der Waals surface area contributed by atoms with Crippen LogP contribution in [0.25, 0.3) is 0 Å². The van der Waals surface area contributed by atoms with Crippen LogP contribution in [0, 0.1) is 5.92 Å². The first-order chi connectivity index (χ1) is 9.38. The van der Waals surface area contributed by atoms with Gasteiger partial charge in [0.15, 0.2) is 11.5 Å². The Morgan fingerprint density at radius 3 is 2.68 bits per heavy atom. The lowest BCUT2D eigenvalue weighted by molar-refractivity contribution is 0.0406. The topological polar surface area (TPSA) is 42.5 Å². The molecule has 0 saturated carbocycles. The van der Waals surface area contributed by atoms with Gasteiger partial charge in [-0.1, -0.05) is 12.1 Å². The Morgan fingerprint density at radius 2 is 1.95 bits per heavy atom. The average molecular weight is 262 g/mol. The Morgan fingerprint density at radius 1 is 1.21 bits per heavy atom. The lowest BCUT2D eigenvalue weighted by atomic mass is 9.87. The van der Waals surface area contributed by atoms with Crippen LogP contribution in [0.5, 0.6) is 11.5 Å². The Kier molecular flexibility index (Phi) is 3.89. The van der Waals surface area contributed by atoms with Crippen LogP contribution < -0.4 is 20.1 Å². The van der Waals surface area contributed by atoms with Gasteiger partial charge in [0.2, 0.25) is 0 Å². The summed E-state index contributed by atoms with van der Waals surface area (Å²) >= 11 is 0. The molecule has 0 spiro atoms. The number of rotatable bonds is 3. The Hall–Kier alpha value is -1.26. The number of para-hydroxylation sites is 2. The second kappa shape index (κ2) is 5.80. The first-order valence-electron chi connectivity index (χ1n) is 7.15. The summed E-state index contributed by atoms with van der Waals surface area (Å²) in [5.41, 5.74) is 0. The van der Waals surface area contributed by atoms with Crippen LogP contribution in [0.4, 0.5) is 0 Å². The summed E-state index contributed by atoms with van der Waals surface area (Å²) < 4.78 is 12.0. The maximum atomic E-state index is 6.13. The van der Waals surface area contributed by atoms with Crippen molar-refractivity contribution >= 4 is 0 Å². The zero-order chi connectivity index (χ0) is 13.1. The van der Waals surface area contributed by atoms with E-state index in [-0.39, 0.29) is 6.10 Å². The predicted octanol–water partition coefficient (Wildman–Crippen LogP) is 1.41. The van der Waals surface area contributed by atoms with Gasteiger partial charge in [-0.15, -0.1) is 0 Å². The molecule has 0 bridgehead atoms. The van der Waals surface area contributed by atoms with Crippen molar-refractivity contribution in [2.24, 2.45) is 5.92 Å². The van der Waals surface area contributed by atoms with Gasteiger partial charge in [0, 0.05) is 0 Å². The van der Waals surface area contributed by atoms with Crippen molar-refractivity contribution in [1.29, 1.82) is 0 Å². The quantitative estimate of drug-likeness (QED) is 0.864. The van der Waals surface area contributed by atoms with Gasteiger partial charge in [-0.05, 0) is 51.0 Å². The number of nitrogens with one attached hydrogen (secondary N) is 2. The third kappa shape index (κ3) is 2.69. The van der Waals surface area contributed by atoms with E-state index >= 15 is 0 Å². The van der Waals surface area contributed by atoms with Gasteiger partial charge < -0.3 is 20.1 Å². The van der Waals surface area contributed by atoms with E-state index in [2.05, 4.69) is 10.6 Å². The number of benzene rings is 1. The third-order valence-corrected chi connectivity index (χ3v) is 4.16. The van der Waals surface area contributed by atoms with Crippen LogP contribution in [-0.2, 0) is 0 Å². The normalized spacial score (nSPS) is 25.0. The molecule has 0 radical (unpaired) electrons. The second-order valence-electron chi connectivity index (χ2n) is 5.32. The maximum absolute atomic E-state index is 6.13. The number of hydrogen-bond donors (Lipinski definition) is 2. The highest BCUT2D eigenvalue weighted by molar-refractivity contribution is 5.40. The molecule has 1 saturated heterocycles. The van der Waals surface area contributed by atoms with E-state index in [1.54, 1.807) is 0 Å². The SMILES string of the molecule is CNC(C1CCNCC1)C1COc2ccccc2O1. The van der Waals surface area contributed by atoms with Crippen molar-refractivity contribution in [1.82, 2.24) is 10.6 Å². The lowest BCUT2D eigenvalue weighted by Gasteiger charge is -2.38. The van der Waals surface area contributed by atoms with Gasteiger partial charge in [0.05, 0.1) is 6.04 Å². The second-order valence-corrected chi connectivity index (χ2v) is 5.32. The molecule has 104 valence electrons. The van der Waals surface area contributed by atoms with E-state index in [1.807, 2.05) is 31.3 Å². The Labute approximate surface area is 114 Å². The molecule has 4 nitrogen and oxygen atoms in total. The average Bonchev–Trinajstić information content (AvgIpc) is 2.49. The van der Waals surface area contributed by atoms with Crippen LogP contribution >= 0.6 is 0 Å². The van der Waals surface area contributed by atoms with Crippen LogP contribution in [0.3, 0.4) is 0 Å². The molecule has 0 amide bonds. The predicted molar refractivity (Wildman–Crippen MR) is 74.8 cm³/mol. The summed E-state index contributed by atoms with van der Waals surface area (Å²) in [6.07, 6.45) is 2.50. The zero-order valence-electron chi connectivity index (χ0n) is 11.4. The molecule has 1 aromatic carbocycles. The zero-order valence-corrected chi connectivity index (χ0v) is 11.4. The minimum Gasteiger partial charge on any atom is -0.486 e. The van der Waals surface area contributed by atoms with Crippen LogP contribution in [-0.4, -0.2) is 38.9 Å². The molecule has 3 rings (SSSR count). The van der Waals surface area contributed by atoms with Crippen LogP contribution in [0.1, 0.15) is 12.8 Å². The number of ether oxygens (including phenoxy) is 2. The van der Waals surface area contributed by atoms with Crippen LogP contribution in [0.15, 0.2) is 24.3 Å². The molecule has 2 aliphatic heterocycles. The molecule has 2 heterocycles. The maximum Gasteiger partial charge on any atom is 0.161 e. The lowest BCUT2D eigenvalue weighted by Crippen LogP contribution is -2.52. The number of piperidine rings is 1. The monoisotopic (exact) mass is 262 g/mol. The Bertz CT molecular complexity index is 418. The molecule has 2 N–H and O–H groups in total. The van der Waals surface area contributed by atoms with Gasteiger partial charge in [0.25, 0.3) is 0 Å². The first kappa shape index (κ1) is 12.8. The summed E-state index contributed by atoms with van der Waals surface area (Å²) in [5, 5.41) is 6.85. The molecule has 0 aromatic heterocycles.